The highest BCUT2D eigenvalue weighted by atomic mass is 16.4. The molecule has 0 spiro atoms. The molecule has 52 heavy (non-hydrogen) atoms. The molecule has 7 aromatic carbocycles. The van der Waals surface area contributed by atoms with Gasteiger partial charge in [0.25, 0.3) is 0 Å². The summed E-state index contributed by atoms with van der Waals surface area (Å²) in [5, 5.41) is 14.9. The van der Waals surface area contributed by atoms with Crippen LogP contribution in [0.1, 0.15) is 28.4 Å². The summed E-state index contributed by atoms with van der Waals surface area (Å²) in [4.78, 5) is 10.6. The average Bonchev–Trinajstić information content (AvgIpc) is 3.79. The molecule has 6 nitrogen and oxygen atoms in total. The summed E-state index contributed by atoms with van der Waals surface area (Å²) < 4.78 is 12.6. The Morgan fingerprint density at radius 1 is 0.558 bits per heavy atom. The number of hydrogen-bond donors (Lipinski definition) is 2. The summed E-state index contributed by atoms with van der Waals surface area (Å²) in [6.07, 6.45) is 3.93. The summed E-state index contributed by atoms with van der Waals surface area (Å²) in [6, 6.07) is 48.6. The molecule has 2 N–H and O–H groups in total. The lowest BCUT2D eigenvalue weighted by Gasteiger charge is -2.25. The summed E-state index contributed by atoms with van der Waals surface area (Å²) in [7, 11) is 0. The SMILES string of the molecule is C1=Cc2c(oc3cccc(-c4cccc5c(C6=NC(c7cccc8oc9ccccc9c78)=NC(c7ccc8ccccc8c7)N6)cccc45)c23)NC1. The fourth-order valence-electron chi connectivity index (χ4n) is 7.98. The van der Waals surface area contributed by atoms with Crippen LogP contribution in [0, 0.1) is 0 Å². The van der Waals surface area contributed by atoms with Gasteiger partial charge in [0.15, 0.2) is 5.84 Å². The minimum Gasteiger partial charge on any atom is -0.456 e. The van der Waals surface area contributed by atoms with E-state index in [0.29, 0.717) is 5.84 Å². The molecule has 4 heterocycles. The molecule has 246 valence electrons. The molecule has 0 fully saturated rings. The molecule has 11 rings (SSSR count). The molecule has 2 aliphatic rings. The first-order valence-electron chi connectivity index (χ1n) is 17.6. The predicted molar refractivity (Wildman–Crippen MR) is 213 cm³/mol. The van der Waals surface area contributed by atoms with Crippen molar-refractivity contribution in [3.05, 3.63) is 168 Å². The molecule has 2 aliphatic heterocycles. The second-order valence-corrected chi connectivity index (χ2v) is 13.4. The Morgan fingerprint density at radius 2 is 1.25 bits per heavy atom. The first-order valence-corrected chi connectivity index (χ1v) is 17.6. The summed E-state index contributed by atoms with van der Waals surface area (Å²) >= 11 is 0. The van der Waals surface area contributed by atoms with Crippen molar-refractivity contribution in [2.24, 2.45) is 9.98 Å². The molecule has 0 saturated carbocycles. The fourth-order valence-corrected chi connectivity index (χ4v) is 7.98. The number of hydrogen-bond acceptors (Lipinski definition) is 6. The van der Waals surface area contributed by atoms with Crippen LogP contribution in [-0.4, -0.2) is 18.2 Å². The second-order valence-electron chi connectivity index (χ2n) is 13.4. The van der Waals surface area contributed by atoms with Gasteiger partial charge in [-0.2, -0.15) is 0 Å². The van der Waals surface area contributed by atoms with E-state index < -0.39 is 0 Å². The largest absolute Gasteiger partial charge is 0.456 e. The van der Waals surface area contributed by atoms with E-state index in [-0.39, 0.29) is 6.17 Å². The van der Waals surface area contributed by atoms with Crippen molar-refractivity contribution in [3.8, 4) is 11.1 Å². The van der Waals surface area contributed by atoms with Gasteiger partial charge in [-0.05, 0) is 62.5 Å². The Morgan fingerprint density at radius 3 is 2.15 bits per heavy atom. The van der Waals surface area contributed by atoms with Crippen molar-refractivity contribution in [1.29, 1.82) is 0 Å². The number of fused-ring (bicyclic) bond motifs is 8. The second kappa shape index (κ2) is 11.3. The van der Waals surface area contributed by atoms with Crippen molar-refractivity contribution in [2.45, 2.75) is 6.17 Å². The van der Waals surface area contributed by atoms with Crippen LogP contribution < -0.4 is 10.6 Å². The minimum absolute atomic E-state index is 0.371. The zero-order chi connectivity index (χ0) is 34.2. The van der Waals surface area contributed by atoms with Gasteiger partial charge in [-0.25, -0.2) is 9.98 Å². The first kappa shape index (κ1) is 28.9. The Bertz CT molecular complexity index is 3020. The van der Waals surface area contributed by atoms with E-state index >= 15 is 0 Å². The topological polar surface area (TPSA) is 75.1 Å². The van der Waals surface area contributed by atoms with Crippen LogP contribution >= 0.6 is 0 Å². The Hall–Kier alpha value is -6.92. The van der Waals surface area contributed by atoms with Gasteiger partial charge in [-0.3, -0.25) is 0 Å². The van der Waals surface area contributed by atoms with Crippen LogP contribution in [-0.2, 0) is 0 Å². The zero-order valence-electron chi connectivity index (χ0n) is 27.9. The number of para-hydroxylation sites is 1. The van der Waals surface area contributed by atoms with Gasteiger partial charge in [0, 0.05) is 39.4 Å². The van der Waals surface area contributed by atoms with Crippen LogP contribution in [0.5, 0.6) is 0 Å². The van der Waals surface area contributed by atoms with E-state index in [9.17, 15) is 0 Å². The van der Waals surface area contributed by atoms with E-state index in [1.807, 2.05) is 36.4 Å². The molecular weight excluding hydrogens is 641 g/mol. The molecule has 1 atom stereocenters. The van der Waals surface area contributed by atoms with Crippen LogP contribution in [0.2, 0.25) is 0 Å². The monoisotopic (exact) mass is 670 g/mol. The summed E-state index contributed by atoms with van der Waals surface area (Å²) in [5.41, 5.74) is 8.88. The molecular formula is C46H30N4O2. The molecule has 2 aromatic heterocycles. The lowest BCUT2D eigenvalue weighted by atomic mass is 9.92. The number of rotatable bonds is 4. The highest BCUT2D eigenvalue weighted by Crippen LogP contribution is 2.42. The third-order valence-corrected chi connectivity index (χ3v) is 10.4. The van der Waals surface area contributed by atoms with Crippen LogP contribution in [0.15, 0.2) is 164 Å². The predicted octanol–water partition coefficient (Wildman–Crippen LogP) is 11.2. The molecule has 0 radical (unpaired) electrons. The van der Waals surface area contributed by atoms with Gasteiger partial charge in [0.05, 0.1) is 0 Å². The first-order chi connectivity index (χ1) is 25.8. The van der Waals surface area contributed by atoms with E-state index in [4.69, 9.17) is 18.8 Å². The van der Waals surface area contributed by atoms with E-state index in [0.717, 1.165) is 95.3 Å². The summed E-state index contributed by atoms with van der Waals surface area (Å²) in [6.45, 7) is 0.756. The van der Waals surface area contributed by atoms with Crippen molar-refractivity contribution in [3.63, 3.8) is 0 Å². The minimum atomic E-state index is -0.371. The van der Waals surface area contributed by atoms with E-state index in [1.54, 1.807) is 0 Å². The molecule has 0 saturated heterocycles. The van der Waals surface area contributed by atoms with Crippen LogP contribution in [0.4, 0.5) is 5.88 Å². The van der Waals surface area contributed by atoms with Crippen molar-refractivity contribution < 1.29 is 8.83 Å². The Balaban J connectivity index is 1.12. The number of benzene rings is 7. The average molecular weight is 671 g/mol. The molecule has 9 aromatic rings. The number of nitrogens with one attached hydrogen (secondary N) is 2. The number of amidine groups is 2. The normalized spacial score (nSPS) is 15.5. The molecule has 0 aliphatic carbocycles. The maximum atomic E-state index is 6.29. The van der Waals surface area contributed by atoms with Crippen molar-refractivity contribution >= 4 is 78.1 Å². The Labute approximate surface area is 298 Å². The van der Waals surface area contributed by atoms with Crippen LogP contribution in [0.25, 0.3) is 71.7 Å². The van der Waals surface area contributed by atoms with Crippen molar-refractivity contribution in [2.75, 3.05) is 11.9 Å². The molecule has 1 unspecified atom stereocenters. The number of anilines is 1. The van der Waals surface area contributed by atoms with Gasteiger partial charge >= 0.3 is 0 Å². The lowest BCUT2D eigenvalue weighted by molar-refractivity contribution is 0.628. The smallest absolute Gasteiger partial charge is 0.201 e. The van der Waals surface area contributed by atoms with Gasteiger partial charge in [0.1, 0.15) is 28.8 Å². The molecule has 0 amide bonds. The van der Waals surface area contributed by atoms with E-state index in [1.165, 1.54) is 10.8 Å². The Kier molecular flexibility index (Phi) is 6.28. The third-order valence-electron chi connectivity index (χ3n) is 10.4. The third kappa shape index (κ3) is 4.44. The number of nitrogens with zero attached hydrogens (tertiary/aromatic N) is 2. The maximum absolute atomic E-state index is 6.29. The van der Waals surface area contributed by atoms with Gasteiger partial charge < -0.3 is 19.5 Å². The van der Waals surface area contributed by atoms with Gasteiger partial charge in [0.2, 0.25) is 5.88 Å². The van der Waals surface area contributed by atoms with Crippen molar-refractivity contribution in [1.82, 2.24) is 5.32 Å². The highest BCUT2D eigenvalue weighted by Gasteiger charge is 2.25. The number of furan rings is 2. The standard InChI is InChI=1S/C46H30N4O2/c1-2-11-28-26-29(24-23-27(28)10-1)43-48-44(50-45(49-43)36-18-8-21-39-42(36)35-12-3-4-20-38(35)51-39)34-17-6-13-30-31(14-5-15-32(30)34)33-16-7-22-40-41(33)37-19-9-25-47-46(37)52-40/h1-24,26,43,47H,25H2,(H,48,49,50). The van der Waals surface area contributed by atoms with Gasteiger partial charge in [-0.15, -0.1) is 0 Å². The lowest BCUT2D eigenvalue weighted by Crippen LogP contribution is -2.33. The molecule has 6 heteroatoms. The maximum Gasteiger partial charge on any atom is 0.201 e. The quantitative estimate of drug-likeness (QED) is 0.195. The zero-order valence-corrected chi connectivity index (χ0v) is 27.9. The van der Waals surface area contributed by atoms with Crippen LogP contribution in [0.3, 0.4) is 0 Å². The van der Waals surface area contributed by atoms with E-state index in [2.05, 4.69) is 126 Å². The highest BCUT2D eigenvalue weighted by molar-refractivity contribution is 6.24. The van der Waals surface area contributed by atoms with Gasteiger partial charge in [-0.1, -0.05) is 127 Å². The number of aliphatic imine (C=N–C) groups is 2. The fraction of sp³-hybridized carbons (Fsp3) is 0.0435. The molecule has 0 bridgehead atoms. The summed E-state index contributed by atoms with van der Waals surface area (Å²) in [5.74, 6) is 2.24.